The molecular weight excluding hydrogens is 316 g/mol. The van der Waals surface area contributed by atoms with Crippen molar-refractivity contribution in [2.45, 2.75) is 44.3 Å². The molecule has 0 N–H and O–H groups in total. The SMILES string of the molecule is C#CCCC1(CCC(=O)N2CCCN(Cc3nccn3C)CC2)N=N1. The molecule has 0 spiro atoms. The van der Waals surface area contributed by atoms with Crippen molar-refractivity contribution >= 4 is 5.91 Å². The van der Waals surface area contributed by atoms with Crippen LogP contribution in [0.4, 0.5) is 0 Å². The van der Waals surface area contributed by atoms with Gasteiger partial charge in [0, 0.05) is 71.3 Å². The standard InChI is InChI=1S/C18H26N6O/c1-3-4-7-18(20-21-18)8-6-17(25)24-11-5-10-23(13-14-24)15-16-19-9-12-22(16)2/h1,9,12H,4-8,10-11,13-15H2,2H3. The highest BCUT2D eigenvalue weighted by molar-refractivity contribution is 5.76. The van der Waals surface area contributed by atoms with Gasteiger partial charge in [-0.1, -0.05) is 0 Å². The van der Waals surface area contributed by atoms with E-state index in [0.29, 0.717) is 19.3 Å². The molecule has 0 saturated carbocycles. The zero-order valence-electron chi connectivity index (χ0n) is 14.9. The lowest BCUT2D eigenvalue weighted by molar-refractivity contribution is -0.131. The lowest BCUT2D eigenvalue weighted by Gasteiger charge is -2.22. The van der Waals surface area contributed by atoms with Crippen molar-refractivity contribution in [2.24, 2.45) is 17.3 Å². The van der Waals surface area contributed by atoms with E-state index >= 15 is 0 Å². The van der Waals surface area contributed by atoms with Gasteiger partial charge in [0.25, 0.3) is 0 Å². The van der Waals surface area contributed by atoms with Gasteiger partial charge in [-0.05, 0) is 6.42 Å². The highest BCUT2D eigenvalue weighted by atomic mass is 16.2. The van der Waals surface area contributed by atoms with Gasteiger partial charge in [0.15, 0.2) is 5.66 Å². The molecule has 134 valence electrons. The molecule has 1 fully saturated rings. The maximum Gasteiger partial charge on any atom is 0.222 e. The van der Waals surface area contributed by atoms with Gasteiger partial charge in [-0.15, -0.1) is 12.3 Å². The van der Waals surface area contributed by atoms with Crippen LogP contribution in [0.1, 0.15) is 37.9 Å². The van der Waals surface area contributed by atoms with Crippen LogP contribution < -0.4 is 0 Å². The Hall–Kier alpha value is -2.20. The predicted octanol–water partition coefficient (Wildman–Crippen LogP) is 1.81. The fourth-order valence-corrected chi connectivity index (χ4v) is 3.26. The van der Waals surface area contributed by atoms with Crippen molar-refractivity contribution in [3.8, 4) is 12.3 Å². The van der Waals surface area contributed by atoms with Crippen molar-refractivity contribution in [3.63, 3.8) is 0 Å². The molecule has 0 bridgehead atoms. The van der Waals surface area contributed by atoms with Crippen molar-refractivity contribution in [3.05, 3.63) is 18.2 Å². The van der Waals surface area contributed by atoms with Gasteiger partial charge in [-0.3, -0.25) is 9.69 Å². The first kappa shape index (κ1) is 17.6. The molecule has 1 saturated heterocycles. The molecule has 0 unspecified atom stereocenters. The average molecular weight is 342 g/mol. The highest BCUT2D eigenvalue weighted by Gasteiger charge is 2.39. The number of aryl methyl sites for hydroxylation is 1. The summed E-state index contributed by atoms with van der Waals surface area (Å²) in [7, 11) is 2.01. The normalized spacial score (nSPS) is 19.4. The molecule has 0 aromatic carbocycles. The molecule has 1 aromatic heterocycles. The van der Waals surface area contributed by atoms with E-state index in [-0.39, 0.29) is 11.6 Å². The summed E-state index contributed by atoms with van der Waals surface area (Å²) in [4.78, 5) is 21.3. The zero-order chi connectivity index (χ0) is 17.7. The molecule has 7 heteroatoms. The molecule has 3 rings (SSSR count). The van der Waals surface area contributed by atoms with E-state index in [1.807, 2.05) is 28.9 Å². The smallest absolute Gasteiger partial charge is 0.222 e. The molecule has 0 radical (unpaired) electrons. The summed E-state index contributed by atoms with van der Waals surface area (Å²) >= 11 is 0. The molecule has 0 aliphatic carbocycles. The number of carbonyl (C=O) groups excluding carboxylic acids is 1. The third-order valence-corrected chi connectivity index (χ3v) is 5.02. The fraction of sp³-hybridized carbons (Fsp3) is 0.667. The first-order valence-electron chi connectivity index (χ1n) is 8.96. The first-order valence-corrected chi connectivity index (χ1v) is 8.96. The average Bonchev–Trinajstić information content (AvgIpc) is 3.33. The summed E-state index contributed by atoms with van der Waals surface area (Å²) in [5.74, 6) is 3.89. The van der Waals surface area contributed by atoms with E-state index in [2.05, 4.69) is 26.0 Å². The van der Waals surface area contributed by atoms with Crippen molar-refractivity contribution in [1.82, 2.24) is 19.4 Å². The van der Waals surface area contributed by atoms with E-state index in [9.17, 15) is 4.79 Å². The largest absolute Gasteiger partial charge is 0.341 e. The van der Waals surface area contributed by atoms with Crippen LogP contribution in [0.2, 0.25) is 0 Å². The van der Waals surface area contributed by atoms with Crippen LogP contribution >= 0.6 is 0 Å². The molecule has 1 aromatic rings. The van der Waals surface area contributed by atoms with E-state index in [1.54, 1.807) is 0 Å². The van der Waals surface area contributed by atoms with E-state index < -0.39 is 0 Å². The lowest BCUT2D eigenvalue weighted by Crippen LogP contribution is -2.35. The third kappa shape index (κ3) is 4.67. The maximum absolute atomic E-state index is 12.5. The van der Waals surface area contributed by atoms with E-state index in [0.717, 1.165) is 51.4 Å². The second kappa shape index (κ2) is 7.79. The third-order valence-electron chi connectivity index (χ3n) is 5.02. The van der Waals surface area contributed by atoms with Gasteiger partial charge in [0.1, 0.15) is 5.82 Å². The number of carbonyl (C=O) groups is 1. The zero-order valence-corrected chi connectivity index (χ0v) is 14.9. The Kier molecular flexibility index (Phi) is 5.49. The Morgan fingerprint density at radius 3 is 2.80 bits per heavy atom. The van der Waals surface area contributed by atoms with Crippen LogP contribution in [0, 0.1) is 12.3 Å². The van der Waals surface area contributed by atoms with E-state index in [1.165, 1.54) is 0 Å². The number of nitrogens with zero attached hydrogens (tertiary/aromatic N) is 6. The lowest BCUT2D eigenvalue weighted by atomic mass is 10.0. The maximum atomic E-state index is 12.5. The van der Waals surface area contributed by atoms with Crippen LogP contribution in [-0.2, 0) is 18.4 Å². The molecule has 25 heavy (non-hydrogen) atoms. The number of rotatable bonds is 7. The van der Waals surface area contributed by atoms with Gasteiger partial charge in [-0.25, -0.2) is 4.98 Å². The number of aromatic nitrogens is 2. The van der Waals surface area contributed by atoms with Crippen molar-refractivity contribution in [1.29, 1.82) is 0 Å². The minimum Gasteiger partial charge on any atom is -0.341 e. The van der Waals surface area contributed by atoms with Crippen LogP contribution in [0.25, 0.3) is 0 Å². The van der Waals surface area contributed by atoms with Crippen LogP contribution in [0.3, 0.4) is 0 Å². The summed E-state index contributed by atoms with van der Waals surface area (Å²) in [5.41, 5.74) is -0.363. The van der Waals surface area contributed by atoms with Gasteiger partial charge >= 0.3 is 0 Å². The molecule has 2 aliphatic rings. The Morgan fingerprint density at radius 2 is 2.12 bits per heavy atom. The first-order chi connectivity index (χ1) is 12.1. The highest BCUT2D eigenvalue weighted by Crippen LogP contribution is 2.37. The summed E-state index contributed by atoms with van der Waals surface area (Å²) in [6, 6.07) is 0. The number of amides is 1. The number of hydrogen-bond acceptors (Lipinski definition) is 5. The number of imidazole rings is 1. The molecule has 0 atom stereocenters. The summed E-state index contributed by atoms with van der Waals surface area (Å²) in [5, 5.41) is 8.22. The molecule has 3 heterocycles. The topological polar surface area (TPSA) is 66.1 Å². The van der Waals surface area contributed by atoms with Crippen molar-refractivity contribution < 1.29 is 4.79 Å². The van der Waals surface area contributed by atoms with Gasteiger partial charge in [-0.2, -0.15) is 10.2 Å². The van der Waals surface area contributed by atoms with Gasteiger partial charge in [0.2, 0.25) is 5.91 Å². The van der Waals surface area contributed by atoms with E-state index in [4.69, 9.17) is 6.42 Å². The monoisotopic (exact) mass is 342 g/mol. The molecule has 1 amide bonds. The van der Waals surface area contributed by atoms with Gasteiger partial charge in [0.05, 0.1) is 6.54 Å². The molecule has 2 aliphatic heterocycles. The summed E-state index contributed by atoms with van der Waals surface area (Å²) < 4.78 is 2.05. The van der Waals surface area contributed by atoms with Crippen LogP contribution in [0.15, 0.2) is 22.6 Å². The van der Waals surface area contributed by atoms with Crippen LogP contribution in [0.5, 0.6) is 0 Å². The molecular formula is C18H26N6O. The number of hydrogen-bond donors (Lipinski definition) is 0. The Bertz CT molecular complexity index is 667. The quantitative estimate of drug-likeness (QED) is 0.710. The fourth-order valence-electron chi connectivity index (χ4n) is 3.26. The Morgan fingerprint density at radius 1 is 1.28 bits per heavy atom. The minimum atomic E-state index is -0.363. The Labute approximate surface area is 149 Å². The summed E-state index contributed by atoms with van der Waals surface area (Å²) in [6.45, 7) is 4.30. The second-order valence-corrected chi connectivity index (χ2v) is 6.85. The minimum absolute atomic E-state index is 0.205. The summed E-state index contributed by atoms with van der Waals surface area (Å²) in [6.07, 6.45) is 12.7. The second-order valence-electron chi connectivity index (χ2n) is 6.85. The Balaban J connectivity index is 1.44. The van der Waals surface area contributed by atoms with Crippen LogP contribution in [-0.4, -0.2) is 57.1 Å². The van der Waals surface area contributed by atoms with Gasteiger partial charge < -0.3 is 9.47 Å². The number of terminal acetylenes is 1. The van der Waals surface area contributed by atoms with Crippen molar-refractivity contribution in [2.75, 3.05) is 26.2 Å². The molecule has 7 nitrogen and oxygen atoms in total. The predicted molar refractivity (Wildman–Crippen MR) is 94.6 cm³/mol.